The Morgan fingerprint density at radius 1 is 1.15 bits per heavy atom. The highest BCUT2D eigenvalue weighted by atomic mass is 16.2. The van der Waals surface area contributed by atoms with Crippen molar-refractivity contribution in [2.45, 2.75) is 45.1 Å². The van der Waals surface area contributed by atoms with Crippen LogP contribution in [-0.2, 0) is 20.9 Å². The van der Waals surface area contributed by atoms with E-state index in [1.807, 2.05) is 23.1 Å². The lowest BCUT2D eigenvalue weighted by Gasteiger charge is -2.20. The average Bonchev–Trinajstić information content (AvgIpc) is 2.91. The molecular weight excluding hydrogens is 344 g/mol. The second kappa shape index (κ2) is 9.48. The first kappa shape index (κ1) is 19.3. The van der Waals surface area contributed by atoms with Crippen LogP contribution in [0.2, 0.25) is 0 Å². The third-order valence-electron chi connectivity index (χ3n) is 5.24. The van der Waals surface area contributed by atoms with Crippen LogP contribution >= 0.6 is 0 Å². The van der Waals surface area contributed by atoms with Gasteiger partial charge in [-0.1, -0.05) is 12.5 Å². The van der Waals surface area contributed by atoms with Gasteiger partial charge >= 0.3 is 0 Å². The minimum atomic E-state index is -0.305. The summed E-state index contributed by atoms with van der Waals surface area (Å²) in [5.74, 6) is -0.156. The first-order chi connectivity index (χ1) is 13.1. The summed E-state index contributed by atoms with van der Waals surface area (Å²) in [5, 5.41) is 2.93. The van der Waals surface area contributed by atoms with Gasteiger partial charge in [-0.2, -0.15) is 0 Å². The Morgan fingerprint density at radius 3 is 2.85 bits per heavy atom. The van der Waals surface area contributed by atoms with E-state index in [0.717, 1.165) is 37.9 Å². The number of carbonyl (C=O) groups excluding carboxylic acids is 3. The first-order valence-electron chi connectivity index (χ1n) is 9.86. The zero-order chi connectivity index (χ0) is 19.1. The van der Waals surface area contributed by atoms with Gasteiger partial charge in [0.1, 0.15) is 0 Å². The third kappa shape index (κ3) is 5.52. The number of aromatic nitrogens is 1. The number of nitrogens with zero attached hydrogens (tertiary/aromatic N) is 3. The molecule has 2 saturated heterocycles. The molecule has 3 amide bonds. The van der Waals surface area contributed by atoms with Gasteiger partial charge in [0.25, 0.3) is 0 Å². The van der Waals surface area contributed by atoms with Crippen molar-refractivity contribution < 1.29 is 14.4 Å². The molecule has 1 unspecified atom stereocenters. The molecule has 2 fully saturated rings. The Morgan fingerprint density at radius 2 is 2.04 bits per heavy atom. The number of amides is 3. The molecule has 7 nitrogen and oxygen atoms in total. The summed E-state index contributed by atoms with van der Waals surface area (Å²) in [6, 6.07) is 5.61. The number of likely N-dealkylation sites (tertiary alicyclic amines) is 2. The summed E-state index contributed by atoms with van der Waals surface area (Å²) < 4.78 is 0. The molecule has 0 bridgehead atoms. The van der Waals surface area contributed by atoms with Crippen LogP contribution in [0.3, 0.4) is 0 Å². The van der Waals surface area contributed by atoms with Crippen molar-refractivity contribution in [2.24, 2.45) is 5.92 Å². The monoisotopic (exact) mass is 372 g/mol. The maximum Gasteiger partial charge on any atom is 0.225 e. The van der Waals surface area contributed by atoms with E-state index in [0.29, 0.717) is 32.6 Å². The van der Waals surface area contributed by atoms with Crippen molar-refractivity contribution in [3.63, 3.8) is 0 Å². The fraction of sp³-hybridized carbons (Fsp3) is 0.600. The van der Waals surface area contributed by atoms with E-state index in [1.54, 1.807) is 11.1 Å². The standard InChI is InChI=1S/C20H28N4O3/c25-18-8-2-1-5-11-23(18)12-6-10-22-20(27)16-13-19(26)24(14-16)15-17-7-3-4-9-21-17/h3-4,7,9,16H,1-2,5-6,8,10-15H2,(H,22,27). The zero-order valence-corrected chi connectivity index (χ0v) is 15.7. The molecular formula is C20H28N4O3. The number of hydrogen-bond acceptors (Lipinski definition) is 4. The molecule has 27 heavy (non-hydrogen) atoms. The van der Waals surface area contributed by atoms with Crippen LogP contribution < -0.4 is 5.32 Å². The summed E-state index contributed by atoms with van der Waals surface area (Å²) in [5.41, 5.74) is 0.828. The second-order valence-electron chi connectivity index (χ2n) is 7.33. The highest BCUT2D eigenvalue weighted by Gasteiger charge is 2.34. The van der Waals surface area contributed by atoms with E-state index in [1.165, 1.54) is 0 Å². The van der Waals surface area contributed by atoms with Crippen molar-refractivity contribution in [3.8, 4) is 0 Å². The van der Waals surface area contributed by atoms with Crippen molar-refractivity contribution in [1.82, 2.24) is 20.1 Å². The van der Waals surface area contributed by atoms with Gasteiger partial charge in [-0.05, 0) is 31.4 Å². The Bertz CT molecular complexity index is 664. The Balaban J connectivity index is 1.38. The van der Waals surface area contributed by atoms with Gasteiger partial charge in [-0.3, -0.25) is 19.4 Å². The fourth-order valence-electron chi connectivity index (χ4n) is 3.69. The van der Waals surface area contributed by atoms with Crippen LogP contribution in [0.5, 0.6) is 0 Å². The van der Waals surface area contributed by atoms with Crippen molar-refractivity contribution in [2.75, 3.05) is 26.2 Å². The molecule has 2 aliphatic heterocycles. The molecule has 7 heteroatoms. The van der Waals surface area contributed by atoms with Gasteiger partial charge in [0.05, 0.1) is 18.2 Å². The molecule has 1 atom stereocenters. The summed E-state index contributed by atoms with van der Waals surface area (Å²) >= 11 is 0. The molecule has 0 spiro atoms. The lowest BCUT2D eigenvalue weighted by molar-refractivity contribution is -0.131. The Labute approximate surface area is 160 Å². The van der Waals surface area contributed by atoms with E-state index in [-0.39, 0.29) is 30.1 Å². The van der Waals surface area contributed by atoms with E-state index >= 15 is 0 Å². The summed E-state index contributed by atoms with van der Waals surface area (Å²) in [4.78, 5) is 44.4. The average molecular weight is 372 g/mol. The molecule has 146 valence electrons. The molecule has 2 aliphatic rings. The molecule has 1 N–H and O–H groups in total. The summed E-state index contributed by atoms with van der Waals surface area (Å²) in [7, 11) is 0. The molecule has 0 radical (unpaired) electrons. The third-order valence-corrected chi connectivity index (χ3v) is 5.24. The van der Waals surface area contributed by atoms with Crippen molar-refractivity contribution in [3.05, 3.63) is 30.1 Å². The molecule has 3 heterocycles. The van der Waals surface area contributed by atoms with Gasteiger partial charge in [0, 0.05) is 45.2 Å². The molecule has 1 aromatic rings. The smallest absolute Gasteiger partial charge is 0.225 e. The summed E-state index contributed by atoms with van der Waals surface area (Å²) in [6.07, 6.45) is 6.51. The molecule has 0 aliphatic carbocycles. The largest absolute Gasteiger partial charge is 0.356 e. The molecule has 1 aromatic heterocycles. The van der Waals surface area contributed by atoms with Gasteiger partial charge in [-0.15, -0.1) is 0 Å². The van der Waals surface area contributed by atoms with Gasteiger partial charge in [-0.25, -0.2) is 0 Å². The van der Waals surface area contributed by atoms with E-state index in [9.17, 15) is 14.4 Å². The van der Waals surface area contributed by atoms with Crippen LogP contribution in [-0.4, -0.2) is 58.7 Å². The van der Waals surface area contributed by atoms with Crippen LogP contribution in [0.4, 0.5) is 0 Å². The summed E-state index contributed by atoms with van der Waals surface area (Å²) in [6.45, 7) is 2.93. The molecule has 0 saturated carbocycles. The second-order valence-corrected chi connectivity index (χ2v) is 7.33. The SMILES string of the molecule is O=C(NCCCN1CCCCCC1=O)C1CC(=O)N(Cc2ccccn2)C1. The van der Waals surface area contributed by atoms with Gasteiger partial charge < -0.3 is 15.1 Å². The van der Waals surface area contributed by atoms with Crippen molar-refractivity contribution >= 4 is 17.7 Å². The minimum Gasteiger partial charge on any atom is -0.356 e. The Kier molecular flexibility index (Phi) is 6.79. The molecule has 0 aromatic carbocycles. The number of hydrogen-bond donors (Lipinski definition) is 1. The van der Waals surface area contributed by atoms with Crippen LogP contribution in [0, 0.1) is 5.92 Å². The van der Waals surface area contributed by atoms with Crippen LogP contribution in [0.25, 0.3) is 0 Å². The highest BCUT2D eigenvalue weighted by Crippen LogP contribution is 2.20. The quantitative estimate of drug-likeness (QED) is 0.732. The van der Waals surface area contributed by atoms with Crippen molar-refractivity contribution in [1.29, 1.82) is 0 Å². The highest BCUT2D eigenvalue weighted by molar-refractivity contribution is 5.89. The van der Waals surface area contributed by atoms with Gasteiger partial charge in [0.2, 0.25) is 17.7 Å². The minimum absolute atomic E-state index is 0.00373. The number of nitrogens with one attached hydrogen (secondary N) is 1. The maximum absolute atomic E-state index is 12.4. The lowest BCUT2D eigenvalue weighted by atomic mass is 10.1. The van der Waals surface area contributed by atoms with E-state index in [2.05, 4.69) is 10.3 Å². The van der Waals surface area contributed by atoms with Crippen LogP contribution in [0.15, 0.2) is 24.4 Å². The zero-order valence-electron chi connectivity index (χ0n) is 15.7. The number of carbonyl (C=O) groups is 3. The topological polar surface area (TPSA) is 82.6 Å². The first-order valence-corrected chi connectivity index (χ1v) is 9.86. The predicted molar refractivity (Wildman–Crippen MR) is 100 cm³/mol. The predicted octanol–water partition coefficient (Wildman–Crippen LogP) is 1.34. The fourth-order valence-corrected chi connectivity index (χ4v) is 3.69. The van der Waals surface area contributed by atoms with Gasteiger partial charge in [0.15, 0.2) is 0 Å². The van der Waals surface area contributed by atoms with E-state index in [4.69, 9.17) is 0 Å². The number of pyridine rings is 1. The van der Waals surface area contributed by atoms with E-state index < -0.39 is 0 Å². The maximum atomic E-state index is 12.4. The molecule has 3 rings (SSSR count). The number of rotatable bonds is 7. The van der Waals surface area contributed by atoms with Crippen LogP contribution in [0.1, 0.15) is 44.2 Å². The Hall–Kier alpha value is -2.44. The normalized spacial score (nSPS) is 20.7. The lowest BCUT2D eigenvalue weighted by Crippen LogP contribution is -2.36.